The monoisotopic (exact) mass is 442 g/mol. The van der Waals surface area contributed by atoms with Gasteiger partial charge in [-0.15, -0.1) is 35.6 Å². The number of hydrogen-bond acceptors (Lipinski definition) is 6. The summed E-state index contributed by atoms with van der Waals surface area (Å²) in [5.41, 5.74) is 0. The largest absolute Gasteiger partial charge is 0.354 e. The highest BCUT2D eigenvalue weighted by atomic mass is 35.5. The van der Waals surface area contributed by atoms with Crippen LogP contribution in [0.5, 0.6) is 0 Å². The second-order valence-electron chi connectivity index (χ2n) is 6.38. The first kappa shape index (κ1) is 22.1. The molecule has 26 heavy (non-hydrogen) atoms. The van der Waals surface area contributed by atoms with E-state index in [4.69, 9.17) is 39.8 Å². The Labute approximate surface area is 176 Å². The van der Waals surface area contributed by atoms with Crippen molar-refractivity contribution in [2.24, 2.45) is 0 Å². The van der Waals surface area contributed by atoms with Crippen molar-refractivity contribution in [1.29, 1.82) is 0 Å². The van der Waals surface area contributed by atoms with Gasteiger partial charge in [-0.25, -0.2) is 4.98 Å². The molecule has 2 aliphatic heterocycles. The average molecular weight is 444 g/mol. The fourth-order valence-electron chi connectivity index (χ4n) is 3.31. The molecule has 10 heteroatoms. The molecule has 0 N–H and O–H groups in total. The van der Waals surface area contributed by atoms with Crippen LogP contribution in [-0.4, -0.2) is 97.0 Å². The highest BCUT2D eigenvalue weighted by Crippen LogP contribution is 2.22. The van der Waals surface area contributed by atoms with E-state index in [2.05, 4.69) is 24.6 Å². The molecule has 0 unspecified atom stereocenters. The number of aromatic nitrogens is 2. The van der Waals surface area contributed by atoms with Crippen molar-refractivity contribution in [2.75, 3.05) is 87.0 Å². The van der Waals surface area contributed by atoms with E-state index in [1.165, 1.54) is 0 Å². The average Bonchev–Trinajstić information content (AvgIpc) is 2.63. The Balaban J connectivity index is 0.00000243. The molecular formula is C16H26Cl4N6. The van der Waals surface area contributed by atoms with E-state index < -0.39 is 0 Å². The molecule has 2 saturated heterocycles. The molecule has 0 amide bonds. The van der Waals surface area contributed by atoms with Crippen LogP contribution in [-0.2, 0) is 0 Å². The SMILES string of the molecule is Cl.ClCCN1CCN(c2cc(Cl)nc(N3CCN(CCCl)CC3)n2)CC1. The molecule has 3 heterocycles. The van der Waals surface area contributed by atoms with E-state index in [0.29, 0.717) is 16.9 Å². The number of hydrogen-bond donors (Lipinski definition) is 0. The van der Waals surface area contributed by atoms with Gasteiger partial charge in [-0.05, 0) is 0 Å². The zero-order valence-corrected chi connectivity index (χ0v) is 17.9. The Bertz CT molecular complexity index is 503. The molecule has 0 bridgehead atoms. The van der Waals surface area contributed by atoms with Gasteiger partial charge < -0.3 is 9.80 Å². The van der Waals surface area contributed by atoms with Gasteiger partial charge in [0.05, 0.1) is 0 Å². The van der Waals surface area contributed by atoms with Gasteiger partial charge in [0.15, 0.2) is 0 Å². The summed E-state index contributed by atoms with van der Waals surface area (Å²) in [5.74, 6) is 3.01. The van der Waals surface area contributed by atoms with Crippen LogP contribution in [0.4, 0.5) is 11.8 Å². The zero-order valence-electron chi connectivity index (χ0n) is 14.8. The standard InChI is InChI=1S/C16H25Cl3N6.ClH/c17-1-3-22-5-9-24(10-6-22)15-13-14(19)20-16(21-15)25-11-7-23(4-2-18)8-12-25;/h13H,1-12H2;1H. The fourth-order valence-corrected chi connectivity index (χ4v) is 3.96. The van der Waals surface area contributed by atoms with Crippen LogP contribution >= 0.6 is 47.2 Å². The Hall–Kier alpha value is -0.240. The molecular weight excluding hydrogens is 418 g/mol. The lowest BCUT2D eigenvalue weighted by molar-refractivity contribution is 0.270. The van der Waals surface area contributed by atoms with E-state index in [-0.39, 0.29) is 12.4 Å². The zero-order chi connectivity index (χ0) is 17.6. The molecule has 0 radical (unpaired) electrons. The third kappa shape index (κ3) is 5.88. The molecule has 3 rings (SSSR count). The Morgan fingerprint density at radius 3 is 1.77 bits per heavy atom. The van der Waals surface area contributed by atoms with Gasteiger partial charge in [0, 0.05) is 83.3 Å². The molecule has 0 saturated carbocycles. The number of rotatable bonds is 6. The smallest absolute Gasteiger partial charge is 0.228 e. The van der Waals surface area contributed by atoms with Crippen molar-refractivity contribution in [3.63, 3.8) is 0 Å². The van der Waals surface area contributed by atoms with Gasteiger partial charge in [-0.3, -0.25) is 9.80 Å². The Kier molecular flexibility index (Phi) is 9.27. The molecule has 2 fully saturated rings. The minimum atomic E-state index is 0. The first-order valence-corrected chi connectivity index (χ1v) is 10.3. The van der Waals surface area contributed by atoms with E-state index in [9.17, 15) is 0 Å². The summed E-state index contributed by atoms with van der Waals surface area (Å²) in [6.45, 7) is 9.52. The molecule has 1 aromatic rings. The number of nitrogens with zero attached hydrogens (tertiary/aromatic N) is 6. The van der Waals surface area contributed by atoms with Crippen molar-refractivity contribution in [2.45, 2.75) is 0 Å². The molecule has 0 aliphatic carbocycles. The van der Waals surface area contributed by atoms with Crippen LogP contribution < -0.4 is 9.80 Å². The first-order chi connectivity index (χ1) is 12.2. The lowest BCUT2D eigenvalue weighted by Gasteiger charge is -2.36. The molecule has 0 spiro atoms. The van der Waals surface area contributed by atoms with E-state index in [0.717, 1.165) is 77.2 Å². The quantitative estimate of drug-likeness (QED) is 0.496. The summed E-state index contributed by atoms with van der Waals surface area (Å²) in [7, 11) is 0. The summed E-state index contributed by atoms with van der Waals surface area (Å²) in [6.07, 6.45) is 0. The molecule has 0 aromatic carbocycles. The normalized spacial score (nSPS) is 19.5. The highest BCUT2D eigenvalue weighted by molar-refractivity contribution is 6.29. The van der Waals surface area contributed by atoms with Crippen LogP contribution in [0.2, 0.25) is 5.15 Å². The summed E-state index contributed by atoms with van der Waals surface area (Å²) >= 11 is 18.0. The van der Waals surface area contributed by atoms with Gasteiger partial charge in [0.25, 0.3) is 0 Å². The molecule has 0 atom stereocenters. The van der Waals surface area contributed by atoms with E-state index in [1.807, 2.05) is 6.07 Å². The van der Waals surface area contributed by atoms with Gasteiger partial charge in [0.1, 0.15) is 11.0 Å². The minimum Gasteiger partial charge on any atom is -0.354 e. The van der Waals surface area contributed by atoms with Crippen LogP contribution in [0.3, 0.4) is 0 Å². The minimum absolute atomic E-state index is 0. The van der Waals surface area contributed by atoms with Gasteiger partial charge in [-0.1, -0.05) is 11.6 Å². The predicted molar refractivity (Wildman–Crippen MR) is 113 cm³/mol. The van der Waals surface area contributed by atoms with Crippen LogP contribution in [0.25, 0.3) is 0 Å². The van der Waals surface area contributed by atoms with Gasteiger partial charge in [-0.2, -0.15) is 4.98 Å². The highest BCUT2D eigenvalue weighted by Gasteiger charge is 2.22. The van der Waals surface area contributed by atoms with Gasteiger partial charge >= 0.3 is 0 Å². The van der Waals surface area contributed by atoms with Gasteiger partial charge in [0.2, 0.25) is 5.95 Å². The second kappa shape index (κ2) is 10.9. The van der Waals surface area contributed by atoms with Crippen molar-refractivity contribution in [3.05, 3.63) is 11.2 Å². The number of alkyl halides is 2. The number of halogens is 4. The third-order valence-electron chi connectivity index (χ3n) is 4.82. The van der Waals surface area contributed by atoms with Crippen molar-refractivity contribution in [1.82, 2.24) is 19.8 Å². The summed E-state index contributed by atoms with van der Waals surface area (Å²) in [6, 6.07) is 1.87. The lowest BCUT2D eigenvalue weighted by Crippen LogP contribution is -2.48. The maximum absolute atomic E-state index is 6.29. The van der Waals surface area contributed by atoms with E-state index in [1.54, 1.807) is 0 Å². The van der Waals surface area contributed by atoms with Crippen LogP contribution in [0.15, 0.2) is 6.07 Å². The summed E-state index contributed by atoms with van der Waals surface area (Å²) in [4.78, 5) is 18.5. The maximum Gasteiger partial charge on any atom is 0.228 e. The summed E-state index contributed by atoms with van der Waals surface area (Å²) in [5, 5.41) is 0.506. The van der Waals surface area contributed by atoms with Crippen LogP contribution in [0, 0.1) is 0 Å². The third-order valence-corrected chi connectivity index (χ3v) is 5.35. The topological polar surface area (TPSA) is 38.7 Å². The van der Waals surface area contributed by atoms with Crippen LogP contribution in [0.1, 0.15) is 0 Å². The maximum atomic E-state index is 6.29. The Morgan fingerprint density at radius 1 is 0.769 bits per heavy atom. The second-order valence-corrected chi connectivity index (χ2v) is 7.53. The van der Waals surface area contributed by atoms with E-state index >= 15 is 0 Å². The predicted octanol–water partition coefficient (Wildman–Crippen LogP) is 2.27. The fraction of sp³-hybridized carbons (Fsp3) is 0.750. The number of piperazine rings is 2. The van der Waals surface area contributed by atoms with Crippen molar-refractivity contribution in [3.8, 4) is 0 Å². The Morgan fingerprint density at radius 2 is 1.27 bits per heavy atom. The first-order valence-electron chi connectivity index (χ1n) is 8.80. The number of anilines is 2. The molecule has 6 nitrogen and oxygen atoms in total. The molecule has 1 aromatic heterocycles. The lowest BCUT2D eigenvalue weighted by atomic mass is 10.3. The summed E-state index contributed by atoms with van der Waals surface area (Å²) < 4.78 is 0. The molecule has 2 aliphatic rings. The van der Waals surface area contributed by atoms with Crippen molar-refractivity contribution < 1.29 is 0 Å². The molecule has 148 valence electrons. The van der Waals surface area contributed by atoms with Crippen molar-refractivity contribution >= 4 is 59.0 Å².